The number of carboxylic acids is 1. The van der Waals surface area contributed by atoms with Crippen molar-refractivity contribution in [2.75, 3.05) is 55.6 Å². The average Bonchev–Trinajstić information content (AvgIpc) is 2.78. The molecule has 158 valence electrons. The number of para-hydroxylation sites is 1. The van der Waals surface area contributed by atoms with E-state index in [1.54, 1.807) is 34.1 Å². The number of hydrogen-bond donors (Lipinski definition) is 2. The van der Waals surface area contributed by atoms with Crippen molar-refractivity contribution in [3.8, 4) is 0 Å². The summed E-state index contributed by atoms with van der Waals surface area (Å²) in [5.74, 6) is -1.17. The molecule has 30 heavy (non-hydrogen) atoms. The summed E-state index contributed by atoms with van der Waals surface area (Å²) in [6.07, 6.45) is 0. The van der Waals surface area contributed by atoms with Crippen LogP contribution in [-0.2, 0) is 9.59 Å². The van der Waals surface area contributed by atoms with Gasteiger partial charge in [-0.1, -0.05) is 18.2 Å². The number of carbonyl (C=O) groups excluding carboxylic acids is 2. The van der Waals surface area contributed by atoms with Crippen LogP contribution in [0.1, 0.15) is 10.4 Å². The van der Waals surface area contributed by atoms with Crippen molar-refractivity contribution in [2.24, 2.45) is 5.73 Å². The molecular formula is C22H26N4O4. The van der Waals surface area contributed by atoms with Gasteiger partial charge in [0.1, 0.15) is 6.54 Å². The lowest BCUT2D eigenvalue weighted by molar-refractivity contribution is -0.135. The van der Waals surface area contributed by atoms with Gasteiger partial charge in [-0.05, 0) is 36.4 Å². The van der Waals surface area contributed by atoms with Gasteiger partial charge in [0.2, 0.25) is 5.91 Å². The SMILES string of the molecule is NCC(=O)c1ccc(N2CCN(C(=O)CN(CC(=O)O)c3ccccc3)CC2)cc1. The standard InChI is InChI=1S/C22H26N4O4/c23-14-20(27)17-6-8-19(9-7-17)24-10-12-25(13-11-24)21(28)15-26(16-22(29)30)18-4-2-1-3-5-18/h1-9H,10-16,23H2,(H,29,30). The molecule has 8 heteroatoms. The molecule has 0 atom stereocenters. The summed E-state index contributed by atoms with van der Waals surface area (Å²) < 4.78 is 0. The smallest absolute Gasteiger partial charge is 0.323 e. The van der Waals surface area contributed by atoms with Gasteiger partial charge in [-0.2, -0.15) is 0 Å². The Bertz CT molecular complexity index is 878. The van der Waals surface area contributed by atoms with Crippen LogP contribution in [0, 0.1) is 0 Å². The van der Waals surface area contributed by atoms with E-state index in [1.807, 2.05) is 30.3 Å². The maximum Gasteiger partial charge on any atom is 0.323 e. The Labute approximate surface area is 175 Å². The van der Waals surface area contributed by atoms with Crippen LogP contribution in [0.5, 0.6) is 0 Å². The van der Waals surface area contributed by atoms with Crippen molar-refractivity contribution < 1.29 is 19.5 Å². The molecule has 3 N–H and O–H groups in total. The third-order valence-electron chi connectivity index (χ3n) is 5.15. The first-order valence-electron chi connectivity index (χ1n) is 9.86. The molecule has 0 saturated carbocycles. The van der Waals surface area contributed by atoms with E-state index in [4.69, 9.17) is 5.73 Å². The molecule has 0 aliphatic carbocycles. The van der Waals surface area contributed by atoms with Crippen LogP contribution >= 0.6 is 0 Å². The van der Waals surface area contributed by atoms with E-state index in [0.717, 1.165) is 5.69 Å². The molecule has 1 aliphatic rings. The van der Waals surface area contributed by atoms with Crippen molar-refractivity contribution in [3.63, 3.8) is 0 Å². The number of rotatable bonds is 8. The molecule has 3 rings (SSSR count). The minimum absolute atomic E-state index is 0.0119. The quantitative estimate of drug-likeness (QED) is 0.627. The van der Waals surface area contributed by atoms with Crippen molar-refractivity contribution >= 4 is 29.0 Å². The van der Waals surface area contributed by atoms with Gasteiger partial charge in [0.25, 0.3) is 0 Å². The van der Waals surface area contributed by atoms with Gasteiger partial charge in [0, 0.05) is 43.1 Å². The van der Waals surface area contributed by atoms with E-state index in [0.29, 0.717) is 37.4 Å². The van der Waals surface area contributed by atoms with Crippen molar-refractivity contribution in [1.82, 2.24) is 4.90 Å². The highest BCUT2D eigenvalue weighted by Crippen LogP contribution is 2.18. The number of Topliss-reactive ketones (excluding diaryl/α,β-unsaturated/α-hetero) is 1. The maximum absolute atomic E-state index is 12.8. The van der Waals surface area contributed by atoms with Gasteiger partial charge in [-0.25, -0.2) is 0 Å². The van der Waals surface area contributed by atoms with Gasteiger partial charge in [-0.15, -0.1) is 0 Å². The molecule has 0 unspecified atom stereocenters. The normalized spacial score (nSPS) is 13.8. The average molecular weight is 410 g/mol. The fourth-order valence-corrected chi connectivity index (χ4v) is 3.49. The predicted octanol–water partition coefficient (Wildman–Crippen LogP) is 1.07. The monoisotopic (exact) mass is 410 g/mol. The minimum atomic E-state index is -0.979. The summed E-state index contributed by atoms with van der Waals surface area (Å²) in [6, 6.07) is 16.4. The Morgan fingerprint density at radius 3 is 2.10 bits per heavy atom. The first-order valence-corrected chi connectivity index (χ1v) is 9.86. The van der Waals surface area contributed by atoms with Gasteiger partial charge in [0.15, 0.2) is 5.78 Å². The molecule has 0 spiro atoms. The Morgan fingerprint density at radius 1 is 0.900 bits per heavy atom. The van der Waals surface area contributed by atoms with E-state index in [-0.39, 0.29) is 31.3 Å². The second-order valence-electron chi connectivity index (χ2n) is 7.13. The van der Waals surface area contributed by atoms with E-state index in [9.17, 15) is 19.5 Å². The summed E-state index contributed by atoms with van der Waals surface area (Å²) >= 11 is 0. The molecule has 1 fully saturated rings. The highest BCUT2D eigenvalue weighted by Gasteiger charge is 2.24. The van der Waals surface area contributed by atoms with Crippen molar-refractivity contribution in [2.45, 2.75) is 0 Å². The van der Waals surface area contributed by atoms with E-state index >= 15 is 0 Å². The second-order valence-corrected chi connectivity index (χ2v) is 7.13. The zero-order chi connectivity index (χ0) is 21.5. The third kappa shape index (κ3) is 5.36. The van der Waals surface area contributed by atoms with E-state index < -0.39 is 5.97 Å². The summed E-state index contributed by atoms with van der Waals surface area (Å²) in [6.45, 7) is 2.22. The number of ketones is 1. The van der Waals surface area contributed by atoms with Gasteiger partial charge in [0.05, 0.1) is 13.1 Å². The van der Waals surface area contributed by atoms with Crippen LogP contribution in [-0.4, -0.2) is 73.5 Å². The Morgan fingerprint density at radius 2 is 1.53 bits per heavy atom. The first-order chi connectivity index (χ1) is 14.5. The van der Waals surface area contributed by atoms with Crippen LogP contribution in [0.25, 0.3) is 0 Å². The Kier molecular flexibility index (Phi) is 7.03. The Hall–Kier alpha value is -3.39. The molecule has 0 bridgehead atoms. The van der Waals surface area contributed by atoms with E-state index in [2.05, 4.69) is 4.90 Å². The largest absolute Gasteiger partial charge is 0.480 e. The third-order valence-corrected chi connectivity index (χ3v) is 5.15. The highest BCUT2D eigenvalue weighted by molar-refractivity contribution is 5.97. The number of nitrogens with zero attached hydrogens (tertiary/aromatic N) is 3. The second kappa shape index (κ2) is 9.89. The molecule has 1 aliphatic heterocycles. The molecule has 2 aromatic carbocycles. The maximum atomic E-state index is 12.8. The number of hydrogen-bond acceptors (Lipinski definition) is 6. The highest BCUT2D eigenvalue weighted by atomic mass is 16.4. The number of amides is 1. The molecule has 8 nitrogen and oxygen atoms in total. The summed E-state index contributed by atoms with van der Waals surface area (Å²) in [7, 11) is 0. The van der Waals surface area contributed by atoms with Crippen LogP contribution in [0.3, 0.4) is 0 Å². The van der Waals surface area contributed by atoms with Crippen molar-refractivity contribution in [3.05, 3.63) is 60.2 Å². The molecule has 1 heterocycles. The van der Waals surface area contributed by atoms with Crippen LogP contribution in [0.2, 0.25) is 0 Å². The minimum Gasteiger partial charge on any atom is -0.480 e. The summed E-state index contributed by atoms with van der Waals surface area (Å²) in [5, 5.41) is 9.20. The number of nitrogens with two attached hydrogens (primary N) is 1. The molecule has 2 aromatic rings. The van der Waals surface area contributed by atoms with Crippen LogP contribution in [0.15, 0.2) is 54.6 Å². The molecular weight excluding hydrogens is 384 g/mol. The lowest BCUT2D eigenvalue weighted by Crippen LogP contribution is -2.51. The number of carbonyl (C=O) groups is 3. The van der Waals surface area contributed by atoms with Crippen LogP contribution < -0.4 is 15.5 Å². The van der Waals surface area contributed by atoms with Gasteiger partial charge >= 0.3 is 5.97 Å². The molecule has 0 radical (unpaired) electrons. The number of aliphatic carboxylic acids is 1. The molecule has 0 aromatic heterocycles. The number of benzene rings is 2. The molecule has 1 saturated heterocycles. The van der Waals surface area contributed by atoms with E-state index in [1.165, 1.54) is 0 Å². The number of carboxylic acid groups (broad SMARTS) is 1. The number of anilines is 2. The zero-order valence-electron chi connectivity index (χ0n) is 16.7. The molecule has 1 amide bonds. The lowest BCUT2D eigenvalue weighted by atomic mass is 10.1. The number of piperazine rings is 1. The topological polar surface area (TPSA) is 107 Å². The van der Waals surface area contributed by atoms with Crippen LogP contribution in [0.4, 0.5) is 11.4 Å². The fourth-order valence-electron chi connectivity index (χ4n) is 3.49. The summed E-state index contributed by atoms with van der Waals surface area (Å²) in [4.78, 5) is 41.2. The Balaban J connectivity index is 1.57. The lowest BCUT2D eigenvalue weighted by Gasteiger charge is -2.37. The predicted molar refractivity (Wildman–Crippen MR) is 115 cm³/mol. The summed E-state index contributed by atoms with van der Waals surface area (Å²) in [5.41, 5.74) is 7.69. The van der Waals surface area contributed by atoms with Crippen molar-refractivity contribution in [1.29, 1.82) is 0 Å². The zero-order valence-corrected chi connectivity index (χ0v) is 16.7. The first kappa shape index (κ1) is 21.3. The van der Waals surface area contributed by atoms with Gasteiger partial charge in [-0.3, -0.25) is 14.4 Å². The fraction of sp³-hybridized carbons (Fsp3) is 0.318. The van der Waals surface area contributed by atoms with Gasteiger partial charge < -0.3 is 25.5 Å².